The van der Waals surface area contributed by atoms with Gasteiger partial charge in [0.1, 0.15) is 16.8 Å². The Morgan fingerprint density at radius 3 is 2.54 bits per heavy atom. The Labute approximate surface area is 152 Å². The molecule has 1 aromatic carbocycles. The van der Waals surface area contributed by atoms with E-state index in [4.69, 9.17) is 5.11 Å². The number of rotatable bonds is 6. The minimum atomic E-state index is -4.24. The highest BCUT2D eigenvalue weighted by Gasteiger charge is 2.35. The van der Waals surface area contributed by atoms with Crippen LogP contribution in [0.4, 0.5) is 4.39 Å². The maximum absolute atomic E-state index is 13.9. The zero-order valence-corrected chi connectivity index (χ0v) is 15.5. The fraction of sp³-hybridized carbons (Fsp3) is 0.529. The molecular weight excluding hydrogens is 363 g/mol. The maximum Gasteiger partial charge on any atom is 0.308 e. The van der Waals surface area contributed by atoms with Crippen molar-refractivity contribution in [2.24, 2.45) is 11.8 Å². The van der Waals surface area contributed by atoms with E-state index in [2.05, 4.69) is 4.72 Å². The van der Waals surface area contributed by atoms with Gasteiger partial charge in [-0.05, 0) is 30.9 Å². The van der Waals surface area contributed by atoms with Gasteiger partial charge in [-0.2, -0.15) is 4.72 Å². The number of carboxylic acids is 1. The maximum atomic E-state index is 13.9. The van der Waals surface area contributed by atoms with E-state index in [1.165, 1.54) is 17.0 Å². The molecule has 1 amide bonds. The second-order valence-electron chi connectivity index (χ2n) is 6.74. The predicted octanol–water partition coefficient (Wildman–Crippen LogP) is 1.45. The molecule has 1 aliphatic heterocycles. The van der Waals surface area contributed by atoms with Crippen LogP contribution in [0, 0.1) is 17.7 Å². The van der Waals surface area contributed by atoms with Crippen molar-refractivity contribution < 1.29 is 27.5 Å². The van der Waals surface area contributed by atoms with Crippen molar-refractivity contribution in [1.29, 1.82) is 0 Å². The molecule has 2 atom stereocenters. The van der Waals surface area contributed by atoms with Gasteiger partial charge in [0.15, 0.2) is 0 Å². The lowest BCUT2D eigenvalue weighted by molar-refractivity contribution is -0.146. The van der Waals surface area contributed by atoms with E-state index in [0.717, 1.165) is 12.1 Å². The van der Waals surface area contributed by atoms with Crippen molar-refractivity contribution in [3.8, 4) is 0 Å². The van der Waals surface area contributed by atoms with E-state index >= 15 is 0 Å². The first-order valence-corrected chi connectivity index (χ1v) is 9.90. The fourth-order valence-electron chi connectivity index (χ4n) is 2.94. The summed E-state index contributed by atoms with van der Waals surface area (Å²) in [7, 11) is -4.24. The Hall–Kier alpha value is -2.00. The molecule has 2 unspecified atom stereocenters. The number of carbonyl (C=O) groups is 2. The number of carbonyl (C=O) groups excluding carboxylic acids is 1. The summed E-state index contributed by atoms with van der Waals surface area (Å²) < 4.78 is 41.2. The number of aliphatic carboxylic acids is 1. The molecule has 1 aliphatic rings. The summed E-state index contributed by atoms with van der Waals surface area (Å²) in [6.45, 7) is 3.75. The summed E-state index contributed by atoms with van der Waals surface area (Å²) >= 11 is 0. The summed E-state index contributed by atoms with van der Waals surface area (Å²) in [6, 6.07) is 3.82. The summed E-state index contributed by atoms with van der Waals surface area (Å²) in [4.78, 5) is 24.8. The van der Waals surface area contributed by atoms with Crippen LogP contribution in [-0.4, -0.2) is 49.4 Å². The zero-order valence-electron chi connectivity index (χ0n) is 14.7. The number of carboxylic acid groups (broad SMARTS) is 1. The molecule has 1 fully saturated rings. The summed E-state index contributed by atoms with van der Waals surface area (Å²) in [6.07, 6.45) is 1.01. The summed E-state index contributed by atoms with van der Waals surface area (Å²) in [5.41, 5.74) is 0. The van der Waals surface area contributed by atoms with Crippen LogP contribution in [0.2, 0.25) is 0 Å². The van der Waals surface area contributed by atoms with Gasteiger partial charge in [0.05, 0.1) is 5.92 Å². The molecule has 2 rings (SSSR count). The Kier molecular flexibility index (Phi) is 6.35. The van der Waals surface area contributed by atoms with E-state index in [0.29, 0.717) is 19.4 Å². The number of amides is 1. The number of nitrogens with zero attached hydrogens (tertiary/aromatic N) is 1. The van der Waals surface area contributed by atoms with Crippen LogP contribution in [-0.2, 0) is 19.6 Å². The molecule has 0 saturated carbocycles. The molecule has 0 aliphatic carbocycles. The second kappa shape index (κ2) is 8.13. The molecule has 7 nitrogen and oxygen atoms in total. The Morgan fingerprint density at radius 1 is 1.31 bits per heavy atom. The average molecular weight is 386 g/mol. The first-order chi connectivity index (χ1) is 12.1. The van der Waals surface area contributed by atoms with Crippen molar-refractivity contribution in [3.05, 3.63) is 30.1 Å². The highest BCUT2D eigenvalue weighted by atomic mass is 32.2. The van der Waals surface area contributed by atoms with Crippen molar-refractivity contribution in [2.45, 2.75) is 37.6 Å². The number of nitrogens with one attached hydrogen (secondary N) is 1. The third kappa shape index (κ3) is 4.59. The Bertz CT molecular complexity index is 781. The highest BCUT2D eigenvalue weighted by molar-refractivity contribution is 7.89. The smallest absolute Gasteiger partial charge is 0.308 e. The minimum absolute atomic E-state index is 0.0405. The van der Waals surface area contributed by atoms with Gasteiger partial charge in [-0.25, -0.2) is 12.8 Å². The first kappa shape index (κ1) is 20.3. The normalized spacial score (nSPS) is 19.4. The van der Waals surface area contributed by atoms with E-state index in [9.17, 15) is 22.4 Å². The molecule has 1 saturated heterocycles. The third-order valence-electron chi connectivity index (χ3n) is 4.42. The van der Waals surface area contributed by atoms with Gasteiger partial charge in [0, 0.05) is 13.1 Å². The molecule has 144 valence electrons. The van der Waals surface area contributed by atoms with Crippen molar-refractivity contribution in [1.82, 2.24) is 9.62 Å². The number of sulfonamides is 1. The van der Waals surface area contributed by atoms with Crippen molar-refractivity contribution in [3.63, 3.8) is 0 Å². The lowest BCUT2D eigenvalue weighted by Gasteiger charge is -2.34. The van der Waals surface area contributed by atoms with Crippen LogP contribution in [0.3, 0.4) is 0 Å². The van der Waals surface area contributed by atoms with Crippen LogP contribution in [0.25, 0.3) is 0 Å². The molecule has 1 heterocycles. The van der Waals surface area contributed by atoms with Crippen LogP contribution in [0.15, 0.2) is 29.2 Å². The number of hydrogen-bond donors (Lipinski definition) is 2. The Morgan fingerprint density at radius 2 is 1.96 bits per heavy atom. The molecule has 1 aromatic rings. The van der Waals surface area contributed by atoms with Crippen molar-refractivity contribution in [2.75, 3.05) is 13.1 Å². The van der Waals surface area contributed by atoms with Crippen LogP contribution >= 0.6 is 0 Å². The quantitative estimate of drug-likeness (QED) is 0.770. The molecule has 26 heavy (non-hydrogen) atoms. The lowest BCUT2D eigenvalue weighted by atomic mass is 9.96. The van der Waals surface area contributed by atoms with E-state index in [1.54, 1.807) is 13.8 Å². The second-order valence-corrected chi connectivity index (χ2v) is 8.42. The molecular formula is C17H23FN2O5S. The lowest BCUT2D eigenvalue weighted by Crippen LogP contribution is -2.54. The summed E-state index contributed by atoms with van der Waals surface area (Å²) in [5.74, 6) is -3.43. The molecule has 0 aromatic heterocycles. The molecule has 0 spiro atoms. The van der Waals surface area contributed by atoms with E-state index < -0.39 is 50.5 Å². The molecule has 9 heteroatoms. The minimum Gasteiger partial charge on any atom is -0.481 e. The topological polar surface area (TPSA) is 104 Å². The van der Waals surface area contributed by atoms with Crippen molar-refractivity contribution >= 4 is 21.9 Å². The number of benzene rings is 1. The molecule has 0 radical (unpaired) electrons. The summed E-state index contributed by atoms with van der Waals surface area (Å²) in [5, 5.41) is 9.16. The van der Waals surface area contributed by atoms with E-state index in [1.807, 2.05) is 0 Å². The molecule has 0 bridgehead atoms. The zero-order chi connectivity index (χ0) is 19.5. The van der Waals surface area contributed by atoms with Gasteiger partial charge < -0.3 is 10.0 Å². The van der Waals surface area contributed by atoms with Gasteiger partial charge in [0.2, 0.25) is 15.9 Å². The number of hydrogen-bond acceptors (Lipinski definition) is 4. The van der Waals surface area contributed by atoms with Gasteiger partial charge in [-0.3, -0.25) is 9.59 Å². The number of piperidine rings is 1. The molecule has 2 N–H and O–H groups in total. The first-order valence-electron chi connectivity index (χ1n) is 8.42. The number of halogens is 1. The van der Waals surface area contributed by atoms with Gasteiger partial charge >= 0.3 is 5.97 Å². The highest BCUT2D eigenvalue weighted by Crippen LogP contribution is 2.20. The predicted molar refractivity (Wildman–Crippen MR) is 92.3 cm³/mol. The third-order valence-corrected chi connectivity index (χ3v) is 5.90. The Balaban J connectivity index is 2.22. The number of likely N-dealkylation sites (tertiary alicyclic amines) is 1. The standard InChI is InChI=1S/C17H23FN2O5S/c1-11(2)15(16(21)20-9-5-6-12(10-20)17(22)23)19-26(24,25)14-8-4-3-7-13(14)18/h3-4,7-8,11-12,15,19H,5-6,9-10H2,1-2H3,(H,22,23). The average Bonchev–Trinajstić information content (AvgIpc) is 2.59. The monoisotopic (exact) mass is 386 g/mol. The SMILES string of the molecule is CC(C)C(NS(=O)(=O)c1ccccc1F)C(=O)N1CCCC(C(=O)O)C1. The fourth-order valence-corrected chi connectivity index (χ4v) is 4.36. The van der Waals surface area contributed by atoms with Gasteiger partial charge in [-0.15, -0.1) is 0 Å². The van der Waals surface area contributed by atoms with Gasteiger partial charge in [0.25, 0.3) is 0 Å². The van der Waals surface area contributed by atoms with E-state index in [-0.39, 0.29) is 6.54 Å². The van der Waals surface area contributed by atoms with Crippen LogP contribution < -0.4 is 4.72 Å². The largest absolute Gasteiger partial charge is 0.481 e. The van der Waals surface area contributed by atoms with Gasteiger partial charge in [-0.1, -0.05) is 26.0 Å². The van der Waals surface area contributed by atoms with Crippen LogP contribution in [0.1, 0.15) is 26.7 Å². The van der Waals surface area contributed by atoms with Crippen LogP contribution in [0.5, 0.6) is 0 Å².